The summed E-state index contributed by atoms with van der Waals surface area (Å²) in [5.41, 5.74) is 0. The Labute approximate surface area is 122 Å². The van der Waals surface area contributed by atoms with E-state index in [0.29, 0.717) is 25.7 Å². The molecule has 0 spiro atoms. The molecule has 0 aromatic carbocycles. The smallest absolute Gasteiger partial charge is 0.358 e. The van der Waals surface area contributed by atoms with Crippen LogP contribution in [0, 0.1) is 10.1 Å². The number of Topliss-reactive ketones (excluding diaryl/α,β-unsaturated/α-hetero) is 1. The molecule has 21 heavy (non-hydrogen) atoms. The largest absolute Gasteiger partial charge is 0.363 e. The van der Waals surface area contributed by atoms with Gasteiger partial charge in [0.05, 0.1) is 0 Å². The lowest BCUT2D eigenvalue weighted by molar-refractivity contribution is -0.389. The first-order valence-corrected chi connectivity index (χ1v) is 7.86. The Hall–Kier alpha value is -1.87. The van der Waals surface area contributed by atoms with Crippen molar-refractivity contribution in [2.75, 3.05) is 7.05 Å². The molecule has 9 heteroatoms. The summed E-state index contributed by atoms with van der Waals surface area (Å²) in [6.07, 6.45) is 2.73. The molecule has 0 atom stereocenters. The molecule has 1 aromatic heterocycles. The van der Waals surface area contributed by atoms with Gasteiger partial charge in [-0.05, 0) is 28.8 Å². The van der Waals surface area contributed by atoms with E-state index in [1.165, 1.54) is 17.4 Å². The normalized spacial score (nSPS) is 17.1. The van der Waals surface area contributed by atoms with Gasteiger partial charge in [0.2, 0.25) is 10.0 Å². The van der Waals surface area contributed by atoms with Crippen LogP contribution in [0.4, 0.5) is 5.82 Å². The summed E-state index contributed by atoms with van der Waals surface area (Å²) in [5, 5.41) is 10.5. The number of nitro groups is 1. The maximum Gasteiger partial charge on any atom is 0.363 e. The molecule has 0 aliphatic heterocycles. The van der Waals surface area contributed by atoms with Gasteiger partial charge in [0.25, 0.3) is 0 Å². The fourth-order valence-electron chi connectivity index (χ4n) is 2.28. The second kappa shape index (κ2) is 5.86. The van der Waals surface area contributed by atoms with E-state index in [4.69, 9.17) is 0 Å². The second-order valence-electron chi connectivity index (χ2n) is 4.90. The fourth-order valence-corrected chi connectivity index (χ4v) is 3.65. The van der Waals surface area contributed by atoms with Crippen LogP contribution in [0.25, 0.3) is 0 Å². The average Bonchev–Trinajstić information content (AvgIpc) is 2.47. The predicted octanol–water partition coefficient (Wildman–Crippen LogP) is 1.12. The lowest BCUT2D eigenvalue weighted by Crippen LogP contribution is -2.39. The Morgan fingerprint density at radius 3 is 2.43 bits per heavy atom. The van der Waals surface area contributed by atoms with Gasteiger partial charge in [-0.2, -0.15) is 4.31 Å². The summed E-state index contributed by atoms with van der Waals surface area (Å²) in [7, 11) is -2.31. The van der Waals surface area contributed by atoms with Gasteiger partial charge in [-0.3, -0.25) is 4.79 Å². The number of carbonyl (C=O) groups is 1. The highest BCUT2D eigenvalue weighted by molar-refractivity contribution is 7.89. The molecule has 8 nitrogen and oxygen atoms in total. The van der Waals surface area contributed by atoms with Crippen molar-refractivity contribution in [3.05, 3.63) is 28.4 Å². The number of hydrogen-bond acceptors (Lipinski definition) is 6. The van der Waals surface area contributed by atoms with Gasteiger partial charge in [0, 0.05) is 32.0 Å². The summed E-state index contributed by atoms with van der Waals surface area (Å²) in [5.74, 6) is -0.256. The van der Waals surface area contributed by atoms with Crippen LogP contribution < -0.4 is 0 Å². The molecule has 1 aromatic rings. The maximum absolute atomic E-state index is 12.4. The van der Waals surface area contributed by atoms with Crippen molar-refractivity contribution in [2.24, 2.45) is 0 Å². The van der Waals surface area contributed by atoms with Gasteiger partial charge < -0.3 is 10.1 Å². The summed E-state index contributed by atoms with van der Waals surface area (Å²) in [6, 6.07) is 2.00. The Morgan fingerprint density at radius 1 is 1.33 bits per heavy atom. The molecule has 0 amide bonds. The molecule has 2 rings (SSSR count). The first-order valence-electron chi connectivity index (χ1n) is 6.42. The van der Waals surface area contributed by atoms with Gasteiger partial charge in [0.15, 0.2) is 6.20 Å². The molecule has 1 fully saturated rings. The highest BCUT2D eigenvalue weighted by Crippen LogP contribution is 2.25. The standard InChI is InChI=1S/C12H15N3O5S/c1-14(9-2-4-10(16)5-3-9)21(19,20)11-6-7-12(13-8-11)15(17)18/h6-9H,2-5H2,1H3. The lowest BCUT2D eigenvalue weighted by Gasteiger charge is -2.29. The zero-order valence-electron chi connectivity index (χ0n) is 11.4. The number of ketones is 1. The molecule has 0 saturated heterocycles. The van der Waals surface area contributed by atoms with Crippen molar-refractivity contribution in [3.63, 3.8) is 0 Å². The summed E-state index contributed by atoms with van der Waals surface area (Å²) < 4.78 is 26.1. The van der Waals surface area contributed by atoms with Crippen LogP contribution in [0.15, 0.2) is 23.2 Å². The Bertz CT molecular complexity index is 646. The van der Waals surface area contributed by atoms with Crippen LogP contribution in [0.5, 0.6) is 0 Å². The van der Waals surface area contributed by atoms with Crippen LogP contribution in [0.3, 0.4) is 0 Å². The molecule has 114 valence electrons. The number of nitrogens with zero attached hydrogens (tertiary/aromatic N) is 3. The average molecular weight is 313 g/mol. The molecule has 0 radical (unpaired) electrons. The molecule has 1 heterocycles. The lowest BCUT2D eigenvalue weighted by atomic mass is 9.95. The SMILES string of the molecule is CN(C1CCC(=O)CC1)S(=O)(=O)c1ccc([N+](=O)[O-])nc1. The minimum Gasteiger partial charge on any atom is -0.358 e. The van der Waals surface area contributed by atoms with E-state index in [1.807, 2.05) is 0 Å². The van der Waals surface area contributed by atoms with E-state index in [9.17, 15) is 23.3 Å². The third-order valence-electron chi connectivity index (χ3n) is 3.61. The van der Waals surface area contributed by atoms with Crippen molar-refractivity contribution in [3.8, 4) is 0 Å². The zero-order valence-corrected chi connectivity index (χ0v) is 12.2. The molecule has 0 N–H and O–H groups in total. The Kier molecular flexibility index (Phi) is 4.33. The minimum atomic E-state index is -3.76. The number of rotatable bonds is 4. The first-order chi connectivity index (χ1) is 9.82. The monoisotopic (exact) mass is 313 g/mol. The zero-order chi connectivity index (χ0) is 15.6. The van der Waals surface area contributed by atoms with Gasteiger partial charge >= 0.3 is 5.82 Å². The van der Waals surface area contributed by atoms with Crippen molar-refractivity contribution in [1.29, 1.82) is 0 Å². The molecule has 1 aliphatic rings. The van der Waals surface area contributed by atoms with E-state index < -0.39 is 20.8 Å². The molecule has 0 unspecified atom stereocenters. The minimum absolute atomic E-state index is 0.0903. The molecular weight excluding hydrogens is 298 g/mol. The molecule has 1 saturated carbocycles. The van der Waals surface area contributed by atoms with Crippen molar-refractivity contribution < 1.29 is 18.1 Å². The van der Waals surface area contributed by atoms with Gasteiger partial charge in [-0.15, -0.1) is 0 Å². The number of sulfonamides is 1. The van der Waals surface area contributed by atoms with Crippen molar-refractivity contribution >= 4 is 21.6 Å². The maximum atomic E-state index is 12.4. The highest BCUT2D eigenvalue weighted by atomic mass is 32.2. The summed E-state index contributed by atoms with van der Waals surface area (Å²) in [4.78, 5) is 24.5. The fraction of sp³-hybridized carbons (Fsp3) is 0.500. The van der Waals surface area contributed by atoms with Crippen LogP contribution in [0.2, 0.25) is 0 Å². The van der Waals surface area contributed by atoms with Gasteiger partial charge in [0.1, 0.15) is 10.7 Å². The first kappa shape index (κ1) is 15.5. The molecule has 0 bridgehead atoms. The van der Waals surface area contributed by atoms with E-state index >= 15 is 0 Å². The van der Waals surface area contributed by atoms with E-state index in [-0.39, 0.29) is 16.7 Å². The second-order valence-corrected chi connectivity index (χ2v) is 6.90. The third kappa shape index (κ3) is 3.24. The van der Waals surface area contributed by atoms with Gasteiger partial charge in [-0.25, -0.2) is 8.42 Å². The third-order valence-corrected chi connectivity index (χ3v) is 5.51. The van der Waals surface area contributed by atoms with Crippen LogP contribution in [-0.2, 0) is 14.8 Å². The van der Waals surface area contributed by atoms with E-state index in [0.717, 1.165) is 12.3 Å². The Balaban J connectivity index is 2.20. The number of carbonyl (C=O) groups excluding carboxylic acids is 1. The van der Waals surface area contributed by atoms with E-state index in [2.05, 4.69) is 4.98 Å². The number of aromatic nitrogens is 1. The van der Waals surface area contributed by atoms with Gasteiger partial charge in [-0.1, -0.05) is 0 Å². The molecule has 1 aliphatic carbocycles. The van der Waals surface area contributed by atoms with Crippen molar-refractivity contribution in [1.82, 2.24) is 9.29 Å². The highest BCUT2D eigenvalue weighted by Gasteiger charge is 2.31. The molecular formula is C12H15N3O5S. The topological polar surface area (TPSA) is 110 Å². The summed E-state index contributed by atoms with van der Waals surface area (Å²) in [6.45, 7) is 0. The predicted molar refractivity (Wildman–Crippen MR) is 73.1 cm³/mol. The Morgan fingerprint density at radius 2 is 1.95 bits per heavy atom. The van der Waals surface area contributed by atoms with E-state index in [1.54, 1.807) is 0 Å². The van der Waals surface area contributed by atoms with Crippen LogP contribution in [-0.4, -0.2) is 41.5 Å². The summed E-state index contributed by atoms with van der Waals surface area (Å²) >= 11 is 0. The van der Waals surface area contributed by atoms with Crippen LogP contribution >= 0.6 is 0 Å². The number of pyridine rings is 1. The number of hydrogen-bond donors (Lipinski definition) is 0. The van der Waals surface area contributed by atoms with Crippen LogP contribution in [0.1, 0.15) is 25.7 Å². The van der Waals surface area contributed by atoms with Crippen molar-refractivity contribution in [2.45, 2.75) is 36.6 Å². The quantitative estimate of drug-likeness (QED) is 0.608.